The molecule has 3 N–H and O–H groups in total. The second-order valence-corrected chi connectivity index (χ2v) is 4.94. The summed E-state index contributed by atoms with van der Waals surface area (Å²) in [6.45, 7) is 2.09. The zero-order valence-electron chi connectivity index (χ0n) is 10.1. The van der Waals surface area contributed by atoms with Crippen LogP contribution in [0.15, 0.2) is 33.5 Å². The van der Waals surface area contributed by atoms with Crippen molar-refractivity contribution in [3.05, 3.63) is 34.8 Å². The van der Waals surface area contributed by atoms with Crippen LogP contribution in [0.2, 0.25) is 0 Å². The fourth-order valence-corrected chi connectivity index (χ4v) is 1.91. The van der Waals surface area contributed by atoms with Crippen LogP contribution in [0.25, 0.3) is 0 Å². The molecule has 18 heavy (non-hydrogen) atoms. The van der Waals surface area contributed by atoms with Gasteiger partial charge in [-0.15, -0.1) is 0 Å². The Morgan fingerprint density at radius 1 is 1.56 bits per heavy atom. The monoisotopic (exact) mass is 310 g/mol. The molecule has 0 spiro atoms. The van der Waals surface area contributed by atoms with Crippen molar-refractivity contribution in [3.63, 3.8) is 0 Å². The summed E-state index contributed by atoms with van der Waals surface area (Å²) in [4.78, 5) is 8.04. The van der Waals surface area contributed by atoms with Crippen LogP contribution in [0.5, 0.6) is 0 Å². The minimum Gasteiger partial charge on any atom is -0.469 e. The Morgan fingerprint density at radius 3 is 3.11 bits per heavy atom. The maximum atomic E-state index is 5.56. The third-order valence-electron chi connectivity index (χ3n) is 2.55. The van der Waals surface area contributed by atoms with Crippen molar-refractivity contribution in [2.75, 3.05) is 11.1 Å². The van der Waals surface area contributed by atoms with E-state index in [-0.39, 0.29) is 12.0 Å². The Bertz CT molecular complexity index is 501. The summed E-state index contributed by atoms with van der Waals surface area (Å²) in [5, 5.41) is 3.29. The molecule has 0 aliphatic heterocycles. The van der Waals surface area contributed by atoms with Crippen LogP contribution in [0.4, 0.5) is 11.8 Å². The Labute approximate surface area is 114 Å². The predicted octanol–water partition coefficient (Wildman–Crippen LogP) is 2.85. The average molecular weight is 311 g/mol. The number of halogens is 1. The molecular formula is C12H15BrN4O. The number of nitrogens with two attached hydrogens (primary N) is 1. The zero-order chi connectivity index (χ0) is 13.0. The topological polar surface area (TPSA) is 77.0 Å². The summed E-state index contributed by atoms with van der Waals surface area (Å²) in [6.07, 6.45) is 5.17. The second-order valence-electron chi connectivity index (χ2n) is 4.09. The van der Waals surface area contributed by atoms with Gasteiger partial charge in [0.1, 0.15) is 11.6 Å². The molecule has 0 saturated heterocycles. The molecule has 96 valence electrons. The molecule has 5 nitrogen and oxygen atoms in total. The number of rotatable bonds is 5. The number of nitrogens with one attached hydrogen (secondary N) is 1. The predicted molar refractivity (Wildman–Crippen MR) is 74.3 cm³/mol. The van der Waals surface area contributed by atoms with Gasteiger partial charge in [0, 0.05) is 18.7 Å². The maximum Gasteiger partial charge on any atom is 0.221 e. The van der Waals surface area contributed by atoms with E-state index in [1.54, 1.807) is 12.5 Å². The van der Waals surface area contributed by atoms with Crippen molar-refractivity contribution in [1.29, 1.82) is 0 Å². The van der Waals surface area contributed by atoms with Gasteiger partial charge in [-0.05, 0) is 41.4 Å². The van der Waals surface area contributed by atoms with Crippen LogP contribution in [-0.2, 0) is 6.42 Å². The van der Waals surface area contributed by atoms with Crippen LogP contribution in [0.1, 0.15) is 19.1 Å². The molecule has 2 aromatic rings. The summed E-state index contributed by atoms with van der Waals surface area (Å²) >= 11 is 3.39. The fraction of sp³-hybridized carbons (Fsp3) is 0.333. The van der Waals surface area contributed by atoms with E-state index >= 15 is 0 Å². The molecule has 6 heteroatoms. The summed E-state index contributed by atoms with van der Waals surface area (Å²) in [5.41, 5.74) is 5.56. The van der Waals surface area contributed by atoms with Gasteiger partial charge in [0.2, 0.25) is 5.95 Å². The van der Waals surface area contributed by atoms with E-state index < -0.39 is 0 Å². The lowest BCUT2D eigenvalue weighted by Gasteiger charge is -2.14. The number of hydrogen-bond acceptors (Lipinski definition) is 5. The third-order valence-corrected chi connectivity index (χ3v) is 3.13. The highest BCUT2D eigenvalue weighted by atomic mass is 79.9. The largest absolute Gasteiger partial charge is 0.469 e. The molecule has 0 aliphatic carbocycles. The highest BCUT2D eigenvalue weighted by molar-refractivity contribution is 9.10. The molecule has 0 saturated carbocycles. The van der Waals surface area contributed by atoms with E-state index in [1.807, 2.05) is 12.1 Å². The minimum absolute atomic E-state index is 0.263. The molecule has 2 aromatic heterocycles. The number of aryl methyl sites for hydroxylation is 1. The van der Waals surface area contributed by atoms with Gasteiger partial charge in [-0.3, -0.25) is 0 Å². The number of hydrogen-bond donors (Lipinski definition) is 2. The van der Waals surface area contributed by atoms with Crippen molar-refractivity contribution in [2.24, 2.45) is 0 Å². The summed E-state index contributed by atoms with van der Waals surface area (Å²) in [6, 6.07) is 4.14. The maximum absolute atomic E-state index is 5.56. The Morgan fingerprint density at radius 2 is 2.39 bits per heavy atom. The smallest absolute Gasteiger partial charge is 0.221 e. The normalized spacial score (nSPS) is 12.3. The molecule has 0 amide bonds. The molecular weight excluding hydrogens is 296 g/mol. The van der Waals surface area contributed by atoms with E-state index in [0.29, 0.717) is 0 Å². The lowest BCUT2D eigenvalue weighted by Crippen LogP contribution is -2.17. The van der Waals surface area contributed by atoms with Crippen LogP contribution in [-0.4, -0.2) is 16.0 Å². The number of aromatic nitrogens is 2. The number of anilines is 2. The summed E-state index contributed by atoms with van der Waals surface area (Å²) < 4.78 is 6.10. The molecule has 2 rings (SSSR count). The molecule has 0 fully saturated rings. The van der Waals surface area contributed by atoms with Crippen molar-refractivity contribution in [2.45, 2.75) is 25.8 Å². The second kappa shape index (κ2) is 5.86. The summed E-state index contributed by atoms with van der Waals surface area (Å²) in [5.74, 6) is 1.97. The quantitative estimate of drug-likeness (QED) is 0.888. The SMILES string of the molecule is CC(CCc1ccco1)Nc1nc(N)ncc1Br. The minimum atomic E-state index is 0.263. The Hall–Kier alpha value is -1.56. The van der Waals surface area contributed by atoms with Gasteiger partial charge in [0.15, 0.2) is 0 Å². The lowest BCUT2D eigenvalue weighted by atomic mass is 10.1. The molecule has 2 heterocycles. The number of nitrogen functional groups attached to an aromatic ring is 1. The van der Waals surface area contributed by atoms with Crippen LogP contribution < -0.4 is 11.1 Å². The molecule has 0 aliphatic rings. The molecule has 0 bridgehead atoms. The lowest BCUT2D eigenvalue weighted by molar-refractivity contribution is 0.495. The van der Waals surface area contributed by atoms with Crippen LogP contribution >= 0.6 is 15.9 Å². The van der Waals surface area contributed by atoms with Crippen molar-refractivity contribution >= 4 is 27.7 Å². The Kier molecular flexibility index (Phi) is 4.19. The van der Waals surface area contributed by atoms with Gasteiger partial charge in [0.25, 0.3) is 0 Å². The average Bonchev–Trinajstić information content (AvgIpc) is 2.84. The number of furan rings is 1. The van der Waals surface area contributed by atoms with E-state index in [9.17, 15) is 0 Å². The fourth-order valence-electron chi connectivity index (χ4n) is 1.60. The Balaban J connectivity index is 1.90. The van der Waals surface area contributed by atoms with Gasteiger partial charge >= 0.3 is 0 Å². The van der Waals surface area contributed by atoms with Crippen LogP contribution in [0.3, 0.4) is 0 Å². The van der Waals surface area contributed by atoms with E-state index in [0.717, 1.165) is 28.9 Å². The highest BCUT2D eigenvalue weighted by Crippen LogP contribution is 2.20. The first-order valence-electron chi connectivity index (χ1n) is 5.72. The highest BCUT2D eigenvalue weighted by Gasteiger charge is 2.08. The molecule has 1 atom stereocenters. The first-order chi connectivity index (χ1) is 8.65. The number of nitrogens with zero attached hydrogens (tertiary/aromatic N) is 2. The standard InChI is InChI=1S/C12H15BrN4O/c1-8(4-5-9-3-2-6-18-9)16-11-10(13)7-15-12(14)17-11/h2-3,6-8H,4-5H2,1H3,(H3,14,15,16,17). The first-order valence-corrected chi connectivity index (χ1v) is 6.51. The van der Waals surface area contributed by atoms with Gasteiger partial charge in [-0.1, -0.05) is 0 Å². The van der Waals surface area contributed by atoms with E-state index in [1.165, 1.54) is 0 Å². The van der Waals surface area contributed by atoms with Gasteiger partial charge < -0.3 is 15.5 Å². The summed E-state index contributed by atoms with van der Waals surface area (Å²) in [7, 11) is 0. The third kappa shape index (κ3) is 3.46. The first kappa shape index (κ1) is 12.9. The van der Waals surface area contributed by atoms with Crippen molar-refractivity contribution < 1.29 is 4.42 Å². The van der Waals surface area contributed by atoms with E-state index in [4.69, 9.17) is 10.2 Å². The van der Waals surface area contributed by atoms with Gasteiger partial charge in [-0.25, -0.2) is 4.98 Å². The molecule has 0 radical (unpaired) electrons. The zero-order valence-corrected chi connectivity index (χ0v) is 11.6. The van der Waals surface area contributed by atoms with Crippen molar-refractivity contribution in [3.8, 4) is 0 Å². The van der Waals surface area contributed by atoms with E-state index in [2.05, 4.69) is 38.1 Å². The van der Waals surface area contributed by atoms with Gasteiger partial charge in [-0.2, -0.15) is 4.98 Å². The molecule has 1 unspecified atom stereocenters. The van der Waals surface area contributed by atoms with Crippen LogP contribution in [0, 0.1) is 0 Å². The van der Waals surface area contributed by atoms with Gasteiger partial charge in [0.05, 0.1) is 10.7 Å². The van der Waals surface area contributed by atoms with Crippen molar-refractivity contribution in [1.82, 2.24) is 9.97 Å². The molecule has 0 aromatic carbocycles.